The SMILES string of the molecule is O=C1CCC(N2C(=O)c3ccc(CNC[C@H]4CNC[C@H]4O)cc3C2=O)C(=O)N1. The van der Waals surface area contributed by atoms with E-state index in [0.717, 1.165) is 17.0 Å². The molecule has 4 N–H and O–H groups in total. The van der Waals surface area contributed by atoms with Crippen molar-refractivity contribution in [3.63, 3.8) is 0 Å². The third-order valence-electron chi connectivity index (χ3n) is 5.54. The largest absolute Gasteiger partial charge is 0.391 e. The molecule has 0 radical (unpaired) electrons. The van der Waals surface area contributed by atoms with Crippen molar-refractivity contribution in [3.8, 4) is 0 Å². The molecule has 4 rings (SSSR count). The second-order valence-corrected chi connectivity index (χ2v) is 7.44. The molecule has 1 aromatic carbocycles. The summed E-state index contributed by atoms with van der Waals surface area (Å²) in [6.07, 6.45) is -0.128. The summed E-state index contributed by atoms with van der Waals surface area (Å²) in [5, 5.41) is 18.4. The molecule has 0 spiro atoms. The molecule has 4 amide bonds. The average molecular weight is 386 g/mol. The van der Waals surface area contributed by atoms with Gasteiger partial charge in [0.25, 0.3) is 11.8 Å². The highest BCUT2D eigenvalue weighted by Crippen LogP contribution is 2.28. The van der Waals surface area contributed by atoms with Crippen LogP contribution < -0.4 is 16.0 Å². The Morgan fingerprint density at radius 3 is 2.61 bits per heavy atom. The van der Waals surface area contributed by atoms with Crippen LogP contribution in [-0.4, -0.2) is 65.4 Å². The number of rotatable bonds is 5. The molecule has 0 saturated carbocycles. The lowest BCUT2D eigenvalue weighted by atomic mass is 10.0. The molecular weight excluding hydrogens is 364 g/mol. The van der Waals surface area contributed by atoms with Gasteiger partial charge in [0.15, 0.2) is 0 Å². The van der Waals surface area contributed by atoms with Crippen LogP contribution in [0.25, 0.3) is 0 Å². The average Bonchev–Trinajstić information content (AvgIpc) is 3.17. The Bertz CT molecular complexity index is 855. The maximum absolute atomic E-state index is 12.8. The number of imide groups is 2. The molecule has 2 saturated heterocycles. The molecule has 3 aliphatic heterocycles. The Morgan fingerprint density at radius 1 is 1.11 bits per heavy atom. The number of nitrogens with one attached hydrogen (secondary N) is 3. The minimum absolute atomic E-state index is 0.0981. The van der Waals surface area contributed by atoms with Crippen molar-refractivity contribution in [3.05, 3.63) is 34.9 Å². The second-order valence-electron chi connectivity index (χ2n) is 7.44. The van der Waals surface area contributed by atoms with E-state index < -0.39 is 29.7 Å². The van der Waals surface area contributed by atoms with Crippen molar-refractivity contribution in [1.82, 2.24) is 20.9 Å². The van der Waals surface area contributed by atoms with E-state index in [1.54, 1.807) is 18.2 Å². The van der Waals surface area contributed by atoms with E-state index in [-0.39, 0.29) is 36.0 Å². The molecule has 28 heavy (non-hydrogen) atoms. The number of benzene rings is 1. The Morgan fingerprint density at radius 2 is 1.89 bits per heavy atom. The van der Waals surface area contributed by atoms with Gasteiger partial charge in [0, 0.05) is 38.5 Å². The number of fused-ring (bicyclic) bond motifs is 1. The van der Waals surface area contributed by atoms with Gasteiger partial charge in [-0.05, 0) is 24.1 Å². The van der Waals surface area contributed by atoms with Gasteiger partial charge in [0.2, 0.25) is 11.8 Å². The highest BCUT2D eigenvalue weighted by atomic mass is 16.3. The van der Waals surface area contributed by atoms with E-state index in [0.29, 0.717) is 19.6 Å². The lowest BCUT2D eigenvalue weighted by Crippen LogP contribution is -2.54. The minimum Gasteiger partial charge on any atom is -0.391 e. The van der Waals surface area contributed by atoms with Crippen LogP contribution in [0.3, 0.4) is 0 Å². The quantitative estimate of drug-likeness (QED) is 0.466. The van der Waals surface area contributed by atoms with E-state index in [2.05, 4.69) is 16.0 Å². The number of nitrogens with zero attached hydrogens (tertiary/aromatic N) is 1. The summed E-state index contributed by atoms with van der Waals surface area (Å²) in [7, 11) is 0. The number of aliphatic hydroxyl groups is 1. The normalized spacial score (nSPS) is 27.3. The molecule has 9 nitrogen and oxygen atoms in total. The molecule has 2 fully saturated rings. The molecule has 3 atom stereocenters. The zero-order valence-corrected chi connectivity index (χ0v) is 15.2. The Labute approximate surface area is 161 Å². The number of hydrogen-bond donors (Lipinski definition) is 4. The summed E-state index contributed by atoms with van der Waals surface area (Å²) in [5.74, 6) is -1.88. The molecule has 0 aliphatic carbocycles. The monoisotopic (exact) mass is 386 g/mol. The van der Waals surface area contributed by atoms with Crippen LogP contribution in [-0.2, 0) is 16.1 Å². The summed E-state index contributed by atoms with van der Waals surface area (Å²) < 4.78 is 0. The van der Waals surface area contributed by atoms with Gasteiger partial charge in [-0.2, -0.15) is 0 Å². The van der Waals surface area contributed by atoms with Crippen LogP contribution >= 0.6 is 0 Å². The van der Waals surface area contributed by atoms with Crippen molar-refractivity contribution < 1.29 is 24.3 Å². The van der Waals surface area contributed by atoms with Crippen LogP contribution in [0, 0.1) is 5.92 Å². The molecular formula is C19H22N4O5. The Hall–Kier alpha value is -2.62. The van der Waals surface area contributed by atoms with Gasteiger partial charge in [0.1, 0.15) is 6.04 Å². The minimum atomic E-state index is -0.956. The number of carbonyl (C=O) groups is 4. The predicted octanol–water partition coefficient (Wildman–Crippen LogP) is -1.24. The standard InChI is InChI=1S/C19H22N4O5/c24-15-9-21-8-11(15)7-20-6-10-1-2-12-13(5-10)19(28)23(18(12)27)14-3-4-16(25)22-17(14)26/h1-2,5,11,14-15,20-21,24H,3-4,6-9H2,(H,22,25,26)/t11-,14?,15+/m0/s1. The third kappa shape index (κ3) is 3.32. The van der Waals surface area contributed by atoms with Crippen molar-refractivity contribution in [1.29, 1.82) is 0 Å². The summed E-state index contributed by atoms with van der Waals surface area (Å²) in [6, 6.07) is 4.08. The molecule has 148 valence electrons. The first-order valence-electron chi connectivity index (χ1n) is 9.39. The highest BCUT2D eigenvalue weighted by Gasteiger charge is 2.44. The van der Waals surface area contributed by atoms with Gasteiger partial charge in [0.05, 0.1) is 17.2 Å². The third-order valence-corrected chi connectivity index (χ3v) is 5.54. The number of β-amino-alcohol motifs (C(OH)–C–C–N with tert-alkyl or cyclic N) is 1. The van der Waals surface area contributed by atoms with Crippen molar-refractivity contribution in [2.75, 3.05) is 19.6 Å². The van der Waals surface area contributed by atoms with E-state index in [1.807, 2.05) is 0 Å². The van der Waals surface area contributed by atoms with Gasteiger partial charge in [-0.25, -0.2) is 0 Å². The Kier molecular flexibility index (Phi) is 4.96. The van der Waals surface area contributed by atoms with Crippen LogP contribution in [0.15, 0.2) is 18.2 Å². The zero-order valence-electron chi connectivity index (χ0n) is 15.2. The number of amides is 4. The Balaban J connectivity index is 1.45. The molecule has 3 heterocycles. The number of piperidine rings is 1. The smallest absolute Gasteiger partial charge is 0.262 e. The topological polar surface area (TPSA) is 128 Å². The zero-order chi connectivity index (χ0) is 19.8. The lowest BCUT2D eigenvalue weighted by Gasteiger charge is -2.27. The second kappa shape index (κ2) is 7.42. The van der Waals surface area contributed by atoms with Crippen molar-refractivity contribution in [2.24, 2.45) is 5.92 Å². The summed E-state index contributed by atoms with van der Waals surface area (Å²) in [4.78, 5) is 49.8. The maximum atomic E-state index is 12.8. The molecule has 3 aliphatic rings. The van der Waals surface area contributed by atoms with Crippen LogP contribution in [0.1, 0.15) is 39.1 Å². The number of carbonyl (C=O) groups excluding carboxylic acids is 4. The first-order chi connectivity index (χ1) is 13.5. The summed E-state index contributed by atoms with van der Waals surface area (Å²) >= 11 is 0. The van der Waals surface area contributed by atoms with Crippen LogP contribution in [0.5, 0.6) is 0 Å². The van der Waals surface area contributed by atoms with Crippen molar-refractivity contribution in [2.45, 2.75) is 31.5 Å². The molecule has 1 unspecified atom stereocenters. The fourth-order valence-corrected chi connectivity index (χ4v) is 3.96. The molecule has 9 heteroatoms. The van der Waals surface area contributed by atoms with Gasteiger partial charge in [-0.3, -0.25) is 29.4 Å². The van der Waals surface area contributed by atoms with Crippen LogP contribution in [0.2, 0.25) is 0 Å². The van der Waals surface area contributed by atoms with E-state index in [4.69, 9.17) is 0 Å². The highest BCUT2D eigenvalue weighted by molar-refractivity contribution is 6.23. The van der Waals surface area contributed by atoms with E-state index in [1.165, 1.54) is 0 Å². The number of aliphatic hydroxyl groups excluding tert-OH is 1. The van der Waals surface area contributed by atoms with Crippen molar-refractivity contribution >= 4 is 23.6 Å². The molecule has 1 aromatic rings. The van der Waals surface area contributed by atoms with E-state index >= 15 is 0 Å². The molecule has 0 bridgehead atoms. The summed E-state index contributed by atoms with van der Waals surface area (Å²) in [5.41, 5.74) is 1.39. The van der Waals surface area contributed by atoms with E-state index in [9.17, 15) is 24.3 Å². The first-order valence-corrected chi connectivity index (χ1v) is 9.39. The predicted molar refractivity (Wildman–Crippen MR) is 97.2 cm³/mol. The maximum Gasteiger partial charge on any atom is 0.262 e. The van der Waals surface area contributed by atoms with Gasteiger partial charge >= 0.3 is 0 Å². The fraction of sp³-hybridized carbons (Fsp3) is 0.474. The summed E-state index contributed by atoms with van der Waals surface area (Å²) in [6.45, 7) is 2.49. The molecule has 0 aromatic heterocycles. The number of hydrogen-bond acceptors (Lipinski definition) is 7. The van der Waals surface area contributed by atoms with Crippen LogP contribution in [0.4, 0.5) is 0 Å². The lowest BCUT2D eigenvalue weighted by molar-refractivity contribution is -0.136. The first kappa shape index (κ1) is 18.7. The van der Waals surface area contributed by atoms with Gasteiger partial charge < -0.3 is 15.7 Å². The van der Waals surface area contributed by atoms with Gasteiger partial charge in [-0.1, -0.05) is 6.07 Å². The van der Waals surface area contributed by atoms with Gasteiger partial charge in [-0.15, -0.1) is 0 Å². The fourth-order valence-electron chi connectivity index (χ4n) is 3.96.